The van der Waals surface area contributed by atoms with Gasteiger partial charge in [-0.15, -0.1) is 0 Å². The van der Waals surface area contributed by atoms with Gasteiger partial charge in [0.25, 0.3) is 0 Å². The van der Waals surface area contributed by atoms with Gasteiger partial charge in [-0.1, -0.05) is 39.1 Å². The summed E-state index contributed by atoms with van der Waals surface area (Å²) in [6.45, 7) is 5.98. The molecule has 0 aromatic heterocycles. The number of hydrogen-bond acceptors (Lipinski definition) is 3. The minimum absolute atomic E-state index is 0.260. The second kappa shape index (κ2) is 7.51. The molecular weight excluding hydrogens is 465 g/mol. The average Bonchev–Trinajstić information content (AvgIpc) is 2.41. The van der Waals surface area contributed by atoms with Gasteiger partial charge in [-0.05, 0) is 67.0 Å². The van der Waals surface area contributed by atoms with E-state index in [9.17, 15) is 0 Å². The highest BCUT2D eigenvalue weighted by Gasteiger charge is 2.13. The van der Waals surface area contributed by atoms with Crippen LogP contribution in [-0.4, -0.2) is 5.54 Å². The third-order valence-electron chi connectivity index (χ3n) is 2.68. The van der Waals surface area contributed by atoms with E-state index < -0.39 is 0 Å². The van der Waals surface area contributed by atoms with Crippen LogP contribution in [-0.2, 0) is 0 Å². The smallest absolute Gasteiger partial charge is 0.111 e. The fourth-order valence-corrected chi connectivity index (χ4v) is 3.45. The molecule has 0 aliphatic heterocycles. The van der Waals surface area contributed by atoms with E-state index in [0.717, 1.165) is 20.3 Å². The van der Waals surface area contributed by atoms with Crippen molar-refractivity contribution >= 4 is 72.1 Å². The molecule has 0 saturated carbocycles. The minimum Gasteiger partial charge on any atom is -0.352 e. The van der Waals surface area contributed by atoms with Crippen LogP contribution < -0.4 is 5.32 Å². The first kappa shape index (κ1) is 18.7. The van der Waals surface area contributed by atoms with Crippen LogP contribution in [0.15, 0.2) is 49.5 Å². The monoisotopic (exact) mass is 477 g/mol. The summed E-state index contributed by atoms with van der Waals surface area (Å²) in [5.41, 5.74) is 1.97. The Kier molecular flexibility index (Phi) is 6.11. The average molecular weight is 480 g/mol. The molecule has 0 atom stereocenters. The van der Waals surface area contributed by atoms with Gasteiger partial charge in [0.1, 0.15) is 5.69 Å². The summed E-state index contributed by atoms with van der Waals surface area (Å²) >= 11 is 19.2. The maximum absolute atomic E-state index is 6.24. The predicted molar refractivity (Wildman–Crippen MR) is 106 cm³/mol. The van der Waals surface area contributed by atoms with Crippen molar-refractivity contribution in [3.05, 3.63) is 49.3 Å². The maximum atomic E-state index is 6.24. The van der Waals surface area contributed by atoms with E-state index in [1.807, 2.05) is 39.0 Å². The van der Waals surface area contributed by atoms with Crippen molar-refractivity contribution in [1.29, 1.82) is 0 Å². The normalized spacial score (nSPS) is 12.0. The van der Waals surface area contributed by atoms with Gasteiger partial charge in [0.2, 0.25) is 0 Å². The lowest BCUT2D eigenvalue weighted by Crippen LogP contribution is -2.07. The first-order chi connectivity index (χ1) is 10.7. The Morgan fingerprint density at radius 2 is 1.74 bits per heavy atom. The number of rotatable bonds is 3. The zero-order valence-corrected chi connectivity index (χ0v) is 17.5. The van der Waals surface area contributed by atoms with Crippen molar-refractivity contribution in [2.45, 2.75) is 26.3 Å². The summed E-state index contributed by atoms with van der Waals surface area (Å²) in [5, 5.41) is 13.1. The van der Waals surface area contributed by atoms with Crippen LogP contribution in [0.5, 0.6) is 0 Å². The molecule has 0 amide bonds. The van der Waals surface area contributed by atoms with E-state index in [4.69, 9.17) is 23.2 Å². The van der Waals surface area contributed by atoms with Crippen LogP contribution in [0.3, 0.4) is 0 Å². The molecule has 23 heavy (non-hydrogen) atoms. The number of anilines is 2. The van der Waals surface area contributed by atoms with Crippen LogP contribution in [0.25, 0.3) is 0 Å². The molecule has 1 N–H and O–H groups in total. The lowest BCUT2D eigenvalue weighted by atomic mass is 10.1. The Bertz CT molecular complexity index is 756. The Morgan fingerprint density at radius 1 is 1.04 bits per heavy atom. The van der Waals surface area contributed by atoms with Gasteiger partial charge < -0.3 is 5.32 Å². The molecule has 0 unspecified atom stereocenters. The highest BCUT2D eigenvalue weighted by Crippen LogP contribution is 2.40. The number of azo groups is 1. The van der Waals surface area contributed by atoms with E-state index in [1.54, 1.807) is 12.1 Å². The summed E-state index contributed by atoms with van der Waals surface area (Å²) < 4.78 is 1.75. The highest BCUT2D eigenvalue weighted by atomic mass is 79.9. The predicted octanol–water partition coefficient (Wildman–Crippen LogP) is 8.14. The van der Waals surface area contributed by atoms with Gasteiger partial charge in [0.05, 0.1) is 21.9 Å². The molecule has 0 aliphatic carbocycles. The van der Waals surface area contributed by atoms with Crippen molar-refractivity contribution in [3.63, 3.8) is 0 Å². The lowest BCUT2D eigenvalue weighted by Gasteiger charge is -2.15. The van der Waals surface area contributed by atoms with E-state index in [1.165, 1.54) is 0 Å². The second-order valence-electron chi connectivity index (χ2n) is 5.90. The zero-order valence-electron chi connectivity index (χ0n) is 12.8. The van der Waals surface area contributed by atoms with E-state index in [0.29, 0.717) is 15.7 Å². The Balaban J connectivity index is 2.46. The molecule has 0 aliphatic rings. The van der Waals surface area contributed by atoms with Gasteiger partial charge in [-0.25, -0.2) is 0 Å². The van der Waals surface area contributed by atoms with Crippen molar-refractivity contribution in [2.24, 2.45) is 10.2 Å². The van der Waals surface area contributed by atoms with Crippen LogP contribution in [0.1, 0.15) is 20.8 Å². The fourth-order valence-electron chi connectivity index (χ4n) is 1.69. The van der Waals surface area contributed by atoms with Crippen LogP contribution in [0.4, 0.5) is 17.1 Å². The summed E-state index contributed by atoms with van der Waals surface area (Å²) in [6, 6.07) is 9.12. The first-order valence-corrected chi connectivity index (χ1v) is 9.14. The first-order valence-electron chi connectivity index (χ1n) is 6.80. The molecule has 7 heteroatoms. The largest absolute Gasteiger partial charge is 0.352 e. The molecule has 0 fully saturated rings. The summed E-state index contributed by atoms with van der Waals surface area (Å²) in [4.78, 5) is 0. The molecule has 3 nitrogen and oxygen atoms in total. The molecule has 0 saturated heterocycles. The molecule has 122 valence electrons. The van der Waals surface area contributed by atoms with Gasteiger partial charge in [-0.3, -0.25) is 0 Å². The summed E-state index contributed by atoms with van der Waals surface area (Å²) in [7, 11) is 0. The van der Waals surface area contributed by atoms with Crippen molar-refractivity contribution < 1.29 is 0 Å². The Morgan fingerprint density at radius 3 is 2.35 bits per heavy atom. The highest BCUT2D eigenvalue weighted by molar-refractivity contribution is 9.11. The van der Waals surface area contributed by atoms with Gasteiger partial charge in [-0.2, -0.15) is 10.2 Å². The second-order valence-corrected chi connectivity index (χ2v) is 8.52. The van der Waals surface area contributed by atoms with E-state index in [2.05, 4.69) is 47.4 Å². The van der Waals surface area contributed by atoms with Crippen molar-refractivity contribution in [2.75, 3.05) is 5.32 Å². The number of hydrogen-bond donors (Lipinski definition) is 1. The quantitative estimate of drug-likeness (QED) is 0.443. The van der Waals surface area contributed by atoms with Gasteiger partial charge in [0.15, 0.2) is 0 Å². The fraction of sp³-hybridized carbons (Fsp3) is 0.250. The molecule has 2 aromatic carbocycles. The summed E-state index contributed by atoms with van der Waals surface area (Å²) in [6.07, 6.45) is 0. The Labute approximate surface area is 162 Å². The van der Waals surface area contributed by atoms with Crippen LogP contribution in [0, 0.1) is 0 Å². The zero-order chi connectivity index (χ0) is 17.2. The van der Waals surface area contributed by atoms with Gasteiger partial charge in [0, 0.05) is 14.0 Å². The van der Waals surface area contributed by atoms with Crippen LogP contribution >= 0.6 is 55.1 Å². The number of halogens is 4. The van der Waals surface area contributed by atoms with E-state index in [-0.39, 0.29) is 5.54 Å². The SMILES string of the molecule is CC(C)(C)N=Nc1cc(Br)cc(Br)c1Nc1ccc(Cl)cc1Cl. The molecular formula is C16H15Br2Cl2N3. The molecule has 0 spiro atoms. The standard InChI is InChI=1S/C16H15Br2Cl2N3/c1-16(2,3)23-22-14-7-9(17)6-11(18)15(14)21-13-5-4-10(19)8-12(13)20/h4-8,21H,1-3H3. The lowest BCUT2D eigenvalue weighted by molar-refractivity contribution is 0.552. The third kappa shape index (κ3) is 5.45. The third-order valence-corrected chi connectivity index (χ3v) is 4.31. The minimum atomic E-state index is -0.260. The van der Waals surface area contributed by atoms with Crippen molar-refractivity contribution in [3.8, 4) is 0 Å². The summed E-state index contributed by atoms with van der Waals surface area (Å²) in [5.74, 6) is 0. The van der Waals surface area contributed by atoms with E-state index >= 15 is 0 Å². The topological polar surface area (TPSA) is 36.8 Å². The molecule has 0 radical (unpaired) electrons. The van der Waals surface area contributed by atoms with Crippen molar-refractivity contribution in [1.82, 2.24) is 0 Å². The molecule has 0 bridgehead atoms. The Hall–Kier alpha value is -0.620. The van der Waals surface area contributed by atoms with Gasteiger partial charge >= 0.3 is 0 Å². The van der Waals surface area contributed by atoms with Crippen LogP contribution in [0.2, 0.25) is 10.0 Å². The number of nitrogens with one attached hydrogen (secondary N) is 1. The number of nitrogens with zero attached hydrogens (tertiary/aromatic N) is 2. The number of benzene rings is 2. The maximum Gasteiger partial charge on any atom is 0.111 e. The molecule has 0 heterocycles. The molecule has 2 rings (SSSR count). The molecule has 2 aromatic rings.